The van der Waals surface area contributed by atoms with Crippen LogP contribution in [0.25, 0.3) is 71.1 Å². The summed E-state index contributed by atoms with van der Waals surface area (Å²) >= 11 is 0. The first-order chi connectivity index (χ1) is 27.8. The molecular formula is C53H32N2O. The Morgan fingerprint density at radius 2 is 1.05 bits per heavy atom. The Hall–Kier alpha value is -7.36. The number of anilines is 3. The van der Waals surface area contributed by atoms with Crippen molar-refractivity contribution in [1.82, 2.24) is 4.57 Å². The normalized spacial score (nSPS) is 13.5. The van der Waals surface area contributed by atoms with E-state index in [1.165, 1.54) is 82.4 Å². The number of fused-ring (bicyclic) bond motifs is 16. The van der Waals surface area contributed by atoms with Crippen LogP contribution < -0.4 is 4.90 Å². The van der Waals surface area contributed by atoms with Gasteiger partial charge in [0.1, 0.15) is 5.58 Å². The monoisotopic (exact) mass is 712 g/mol. The van der Waals surface area contributed by atoms with Gasteiger partial charge in [-0.2, -0.15) is 0 Å². The quantitative estimate of drug-likeness (QED) is 0.170. The highest BCUT2D eigenvalue weighted by atomic mass is 16.3. The van der Waals surface area contributed by atoms with Crippen LogP contribution in [0.3, 0.4) is 0 Å². The summed E-state index contributed by atoms with van der Waals surface area (Å²) < 4.78 is 8.38. The van der Waals surface area contributed by atoms with E-state index in [4.69, 9.17) is 4.42 Å². The van der Waals surface area contributed by atoms with Crippen LogP contribution in [0.4, 0.5) is 17.1 Å². The number of benzene rings is 9. The molecule has 0 saturated carbocycles. The number of nitrogens with zero attached hydrogens (tertiary/aromatic N) is 2. The largest absolute Gasteiger partial charge is 0.464 e. The van der Waals surface area contributed by atoms with E-state index >= 15 is 0 Å². The predicted octanol–water partition coefficient (Wildman–Crippen LogP) is 14.0. The van der Waals surface area contributed by atoms with Gasteiger partial charge < -0.3 is 13.9 Å². The van der Waals surface area contributed by atoms with E-state index in [9.17, 15) is 0 Å². The maximum atomic E-state index is 5.86. The molecule has 1 aliphatic heterocycles. The Balaban J connectivity index is 1.19. The number of hydrogen-bond donors (Lipinski definition) is 0. The molecule has 0 saturated heterocycles. The Morgan fingerprint density at radius 1 is 0.411 bits per heavy atom. The summed E-state index contributed by atoms with van der Waals surface area (Å²) in [7, 11) is 0. The molecule has 0 unspecified atom stereocenters. The van der Waals surface area contributed by atoms with Crippen LogP contribution in [0.5, 0.6) is 0 Å². The molecule has 11 aromatic rings. The van der Waals surface area contributed by atoms with Gasteiger partial charge in [-0.05, 0) is 116 Å². The molecule has 2 aromatic heterocycles. The van der Waals surface area contributed by atoms with Gasteiger partial charge in [0.15, 0.2) is 0 Å². The minimum absolute atomic E-state index is 0.537. The second-order valence-electron chi connectivity index (χ2n) is 15.3. The maximum Gasteiger partial charge on any atom is 0.133 e. The molecule has 0 fully saturated rings. The Labute approximate surface area is 322 Å². The van der Waals surface area contributed by atoms with Gasteiger partial charge in [-0.25, -0.2) is 0 Å². The fourth-order valence-corrected chi connectivity index (χ4v) is 10.4. The van der Waals surface area contributed by atoms with E-state index < -0.39 is 5.41 Å². The van der Waals surface area contributed by atoms with E-state index in [2.05, 4.69) is 198 Å². The van der Waals surface area contributed by atoms with Crippen molar-refractivity contribution in [2.24, 2.45) is 0 Å². The molecule has 9 aromatic carbocycles. The second kappa shape index (κ2) is 10.9. The Bertz CT molecular complexity index is 3410. The SMILES string of the molecule is c1ccc2c(c1)-c1ccccc1C21c2ccccc2-n2c3ccccc3c3cc(N(c4ccc5occc5c4)c4ccc5c(ccc6ccccc65)c4)cc1c32. The molecule has 1 aliphatic carbocycles. The number of rotatable bonds is 3. The Morgan fingerprint density at radius 3 is 1.89 bits per heavy atom. The van der Waals surface area contributed by atoms with Crippen LogP contribution in [0, 0.1) is 0 Å². The van der Waals surface area contributed by atoms with Crippen molar-refractivity contribution in [2.45, 2.75) is 5.41 Å². The van der Waals surface area contributed by atoms with Gasteiger partial charge in [0.05, 0.1) is 28.4 Å². The number of para-hydroxylation sites is 2. The van der Waals surface area contributed by atoms with Gasteiger partial charge in [-0.1, -0.05) is 127 Å². The highest BCUT2D eigenvalue weighted by molar-refractivity contribution is 6.15. The third kappa shape index (κ3) is 3.76. The number of aromatic nitrogens is 1. The molecule has 56 heavy (non-hydrogen) atoms. The maximum absolute atomic E-state index is 5.86. The lowest BCUT2D eigenvalue weighted by molar-refractivity contribution is 0.616. The summed E-state index contributed by atoms with van der Waals surface area (Å²) in [6, 6.07) is 69.8. The first-order valence-electron chi connectivity index (χ1n) is 19.3. The molecule has 13 rings (SSSR count). The van der Waals surface area contributed by atoms with E-state index in [1.54, 1.807) is 6.26 Å². The second-order valence-corrected chi connectivity index (χ2v) is 15.3. The van der Waals surface area contributed by atoms with Crippen molar-refractivity contribution in [3.8, 4) is 16.8 Å². The first-order valence-corrected chi connectivity index (χ1v) is 19.3. The van der Waals surface area contributed by atoms with Crippen molar-refractivity contribution < 1.29 is 4.42 Å². The highest BCUT2D eigenvalue weighted by Gasteiger charge is 2.51. The van der Waals surface area contributed by atoms with Gasteiger partial charge in [0.2, 0.25) is 0 Å². The predicted molar refractivity (Wildman–Crippen MR) is 231 cm³/mol. The lowest BCUT2D eigenvalue weighted by Crippen LogP contribution is -2.33. The standard InChI is InChI=1S/C53H32N2O/c1-2-12-39-33(11-1)21-22-34-29-36(23-25-40(34)39)54(37-24-26-51-35(30-37)27-28-56-51)38-31-44-43-15-5-9-19-49(43)55-50-20-10-8-18-47(50)53(48(32-38)52(44)55)45-16-6-3-13-41(45)42-14-4-7-17-46(42)53/h1-32H. The fourth-order valence-electron chi connectivity index (χ4n) is 10.4. The number of hydrogen-bond acceptors (Lipinski definition) is 2. The molecule has 0 bridgehead atoms. The molecule has 0 amide bonds. The summed E-state index contributed by atoms with van der Waals surface area (Å²) in [6.07, 6.45) is 1.78. The van der Waals surface area contributed by atoms with Crippen molar-refractivity contribution in [2.75, 3.05) is 4.90 Å². The van der Waals surface area contributed by atoms with Gasteiger partial charge in [-0.3, -0.25) is 0 Å². The summed E-state index contributed by atoms with van der Waals surface area (Å²) in [6.45, 7) is 0. The average molecular weight is 713 g/mol. The summed E-state index contributed by atoms with van der Waals surface area (Å²) in [4.78, 5) is 2.45. The van der Waals surface area contributed by atoms with Crippen molar-refractivity contribution in [3.05, 3.63) is 217 Å². The lowest BCUT2D eigenvalue weighted by atomic mass is 9.65. The van der Waals surface area contributed by atoms with Crippen LogP contribution in [0.15, 0.2) is 199 Å². The lowest BCUT2D eigenvalue weighted by Gasteiger charge is -2.40. The van der Waals surface area contributed by atoms with E-state index in [0.29, 0.717) is 0 Å². The zero-order valence-corrected chi connectivity index (χ0v) is 30.3. The van der Waals surface area contributed by atoms with E-state index in [1.807, 2.05) is 0 Å². The van der Waals surface area contributed by atoms with E-state index in [-0.39, 0.29) is 0 Å². The molecule has 2 aliphatic rings. The van der Waals surface area contributed by atoms with Crippen molar-refractivity contribution >= 4 is 71.4 Å². The first kappa shape index (κ1) is 30.0. The minimum Gasteiger partial charge on any atom is -0.464 e. The molecular weight excluding hydrogens is 681 g/mol. The average Bonchev–Trinajstić information content (AvgIpc) is 3.95. The van der Waals surface area contributed by atoms with Gasteiger partial charge in [-0.15, -0.1) is 0 Å². The van der Waals surface area contributed by atoms with Crippen molar-refractivity contribution in [3.63, 3.8) is 0 Å². The van der Waals surface area contributed by atoms with Gasteiger partial charge >= 0.3 is 0 Å². The van der Waals surface area contributed by atoms with Crippen LogP contribution in [0.1, 0.15) is 22.3 Å². The van der Waals surface area contributed by atoms with Crippen LogP contribution >= 0.6 is 0 Å². The van der Waals surface area contributed by atoms with Crippen LogP contribution in [0.2, 0.25) is 0 Å². The molecule has 3 heterocycles. The minimum atomic E-state index is -0.537. The smallest absolute Gasteiger partial charge is 0.133 e. The summed E-state index contributed by atoms with van der Waals surface area (Å²) in [5, 5.41) is 8.53. The van der Waals surface area contributed by atoms with Gasteiger partial charge in [0, 0.05) is 33.2 Å². The molecule has 260 valence electrons. The zero-order valence-electron chi connectivity index (χ0n) is 30.3. The molecule has 0 N–H and O–H groups in total. The Kier molecular flexibility index (Phi) is 5.83. The molecule has 1 spiro atoms. The van der Waals surface area contributed by atoms with Crippen LogP contribution in [-0.2, 0) is 5.41 Å². The topological polar surface area (TPSA) is 21.3 Å². The molecule has 0 atom stereocenters. The third-order valence-corrected chi connectivity index (χ3v) is 12.6. The zero-order chi connectivity index (χ0) is 36.5. The fraction of sp³-hybridized carbons (Fsp3) is 0.0189. The number of furan rings is 1. The molecule has 0 radical (unpaired) electrons. The highest BCUT2D eigenvalue weighted by Crippen LogP contribution is 2.61. The van der Waals surface area contributed by atoms with E-state index in [0.717, 1.165) is 28.0 Å². The van der Waals surface area contributed by atoms with Crippen LogP contribution in [-0.4, -0.2) is 4.57 Å². The van der Waals surface area contributed by atoms with Crippen molar-refractivity contribution in [1.29, 1.82) is 0 Å². The summed E-state index contributed by atoms with van der Waals surface area (Å²) in [5.41, 5.74) is 15.2. The van der Waals surface area contributed by atoms with Gasteiger partial charge in [0.25, 0.3) is 0 Å². The third-order valence-electron chi connectivity index (χ3n) is 12.6. The molecule has 3 nitrogen and oxygen atoms in total. The molecule has 3 heteroatoms. The summed E-state index contributed by atoms with van der Waals surface area (Å²) in [5.74, 6) is 0.